The van der Waals surface area contributed by atoms with Crippen molar-refractivity contribution < 1.29 is 4.79 Å². The third-order valence-corrected chi connectivity index (χ3v) is 3.27. The molecule has 0 aromatic heterocycles. The topological polar surface area (TPSA) is 32.3 Å². The second-order valence-corrected chi connectivity index (χ2v) is 4.19. The van der Waals surface area contributed by atoms with Crippen LogP contribution in [0.3, 0.4) is 0 Å². The number of likely N-dealkylation sites (tertiary alicyclic amines) is 1. The minimum absolute atomic E-state index is 0.157. The highest BCUT2D eigenvalue weighted by molar-refractivity contribution is 5.88. The molecule has 0 bridgehead atoms. The zero-order valence-electron chi connectivity index (χ0n) is 9.15. The maximum Gasteiger partial charge on any atom is 0.246 e. The van der Waals surface area contributed by atoms with E-state index in [2.05, 4.69) is 5.32 Å². The van der Waals surface area contributed by atoms with Crippen LogP contribution in [0, 0.1) is 5.92 Å². The molecule has 3 nitrogen and oxygen atoms in total. The molecule has 2 rings (SSSR count). The lowest BCUT2D eigenvalue weighted by Gasteiger charge is -2.21. The van der Waals surface area contributed by atoms with Gasteiger partial charge in [0.2, 0.25) is 5.91 Å². The number of carbonyl (C=O) groups is 1. The minimum atomic E-state index is 0.157. The second-order valence-electron chi connectivity index (χ2n) is 4.19. The van der Waals surface area contributed by atoms with E-state index in [1.54, 1.807) is 6.08 Å². The van der Waals surface area contributed by atoms with Gasteiger partial charge in [-0.1, -0.05) is 18.2 Å². The van der Waals surface area contributed by atoms with Gasteiger partial charge >= 0.3 is 0 Å². The molecule has 0 aromatic rings. The van der Waals surface area contributed by atoms with Crippen LogP contribution in [0.4, 0.5) is 0 Å². The number of hydrogen-bond acceptors (Lipinski definition) is 2. The van der Waals surface area contributed by atoms with Crippen molar-refractivity contribution in [2.24, 2.45) is 5.92 Å². The van der Waals surface area contributed by atoms with Crippen molar-refractivity contribution in [3.8, 4) is 0 Å². The molecule has 2 fully saturated rings. The lowest BCUT2D eigenvalue weighted by atomic mass is 10.1. The van der Waals surface area contributed by atoms with Gasteiger partial charge in [-0.3, -0.25) is 4.79 Å². The predicted molar refractivity (Wildman–Crippen MR) is 60.4 cm³/mol. The SMILES string of the molecule is C/C=C/C=C/C(=O)N1CC[C@H]2CNC[C@H]21. The summed E-state index contributed by atoms with van der Waals surface area (Å²) in [5.41, 5.74) is 0. The van der Waals surface area contributed by atoms with Gasteiger partial charge in [0.1, 0.15) is 0 Å². The van der Waals surface area contributed by atoms with Crippen molar-refractivity contribution in [2.45, 2.75) is 19.4 Å². The number of rotatable bonds is 2. The molecule has 2 saturated heterocycles. The van der Waals surface area contributed by atoms with E-state index < -0.39 is 0 Å². The predicted octanol–water partition coefficient (Wildman–Crippen LogP) is 0.939. The first-order chi connectivity index (χ1) is 7.33. The molecule has 0 spiro atoms. The summed E-state index contributed by atoms with van der Waals surface area (Å²) in [5, 5.41) is 3.34. The smallest absolute Gasteiger partial charge is 0.246 e. The Kier molecular flexibility index (Phi) is 3.21. The Labute approximate surface area is 90.8 Å². The Balaban J connectivity index is 1.96. The molecule has 0 saturated carbocycles. The molecule has 15 heavy (non-hydrogen) atoms. The van der Waals surface area contributed by atoms with Crippen molar-refractivity contribution in [1.29, 1.82) is 0 Å². The Morgan fingerprint density at radius 3 is 3.07 bits per heavy atom. The summed E-state index contributed by atoms with van der Waals surface area (Å²) >= 11 is 0. The van der Waals surface area contributed by atoms with Gasteiger partial charge in [-0.2, -0.15) is 0 Å². The van der Waals surface area contributed by atoms with Crippen LogP contribution in [0.1, 0.15) is 13.3 Å². The molecule has 0 aliphatic carbocycles. The van der Waals surface area contributed by atoms with E-state index in [0.717, 1.165) is 26.1 Å². The number of amides is 1. The molecular weight excluding hydrogens is 188 g/mol. The highest BCUT2D eigenvalue weighted by atomic mass is 16.2. The lowest BCUT2D eigenvalue weighted by Crippen LogP contribution is -2.38. The summed E-state index contributed by atoms with van der Waals surface area (Å²) in [5.74, 6) is 0.841. The molecule has 1 N–H and O–H groups in total. The van der Waals surface area contributed by atoms with E-state index in [-0.39, 0.29) is 5.91 Å². The van der Waals surface area contributed by atoms with Crippen LogP contribution in [-0.4, -0.2) is 36.5 Å². The summed E-state index contributed by atoms with van der Waals surface area (Å²) in [6.07, 6.45) is 8.45. The quantitative estimate of drug-likeness (QED) is 0.538. The fourth-order valence-electron chi connectivity index (χ4n) is 2.47. The van der Waals surface area contributed by atoms with Crippen molar-refractivity contribution in [3.05, 3.63) is 24.3 Å². The number of carbonyl (C=O) groups excluding carboxylic acids is 1. The van der Waals surface area contributed by atoms with Crippen LogP contribution < -0.4 is 5.32 Å². The van der Waals surface area contributed by atoms with E-state index in [9.17, 15) is 4.79 Å². The highest BCUT2D eigenvalue weighted by Gasteiger charge is 2.38. The molecule has 82 valence electrons. The molecular formula is C12H18N2O. The largest absolute Gasteiger partial charge is 0.335 e. The number of allylic oxidation sites excluding steroid dienone is 3. The zero-order valence-corrected chi connectivity index (χ0v) is 9.15. The van der Waals surface area contributed by atoms with Gasteiger partial charge in [-0.25, -0.2) is 0 Å². The van der Waals surface area contributed by atoms with Crippen LogP contribution in [0.15, 0.2) is 24.3 Å². The van der Waals surface area contributed by atoms with E-state index in [4.69, 9.17) is 0 Å². The molecule has 3 heteroatoms. The maximum absolute atomic E-state index is 11.8. The first-order valence-corrected chi connectivity index (χ1v) is 5.63. The summed E-state index contributed by atoms with van der Waals surface area (Å²) in [7, 11) is 0. The van der Waals surface area contributed by atoms with Gasteiger partial charge in [0.05, 0.1) is 0 Å². The normalized spacial score (nSPS) is 30.6. The Morgan fingerprint density at radius 1 is 1.40 bits per heavy atom. The average Bonchev–Trinajstić information content (AvgIpc) is 2.78. The molecule has 2 heterocycles. The summed E-state index contributed by atoms with van der Waals surface area (Å²) in [4.78, 5) is 13.8. The Morgan fingerprint density at radius 2 is 2.27 bits per heavy atom. The van der Waals surface area contributed by atoms with E-state index in [1.165, 1.54) is 0 Å². The van der Waals surface area contributed by atoms with Gasteiger partial charge in [-0.15, -0.1) is 0 Å². The minimum Gasteiger partial charge on any atom is -0.335 e. The van der Waals surface area contributed by atoms with Crippen LogP contribution in [-0.2, 0) is 4.79 Å². The molecule has 2 aliphatic rings. The zero-order chi connectivity index (χ0) is 10.7. The van der Waals surface area contributed by atoms with Gasteiger partial charge in [0.15, 0.2) is 0 Å². The summed E-state index contributed by atoms with van der Waals surface area (Å²) in [6, 6.07) is 0.438. The van der Waals surface area contributed by atoms with Crippen LogP contribution in [0.5, 0.6) is 0 Å². The summed E-state index contributed by atoms with van der Waals surface area (Å²) < 4.78 is 0. The number of nitrogens with one attached hydrogen (secondary N) is 1. The lowest BCUT2D eigenvalue weighted by molar-refractivity contribution is -0.126. The molecule has 2 atom stereocenters. The maximum atomic E-state index is 11.8. The fourth-order valence-corrected chi connectivity index (χ4v) is 2.47. The van der Waals surface area contributed by atoms with Gasteiger partial charge in [-0.05, 0) is 19.3 Å². The van der Waals surface area contributed by atoms with E-state index in [1.807, 2.05) is 30.1 Å². The third kappa shape index (κ3) is 2.12. The molecule has 0 aromatic carbocycles. The van der Waals surface area contributed by atoms with Crippen LogP contribution >= 0.6 is 0 Å². The van der Waals surface area contributed by atoms with Gasteiger partial charge < -0.3 is 10.2 Å². The van der Waals surface area contributed by atoms with Gasteiger partial charge in [0.25, 0.3) is 0 Å². The van der Waals surface area contributed by atoms with Gasteiger partial charge in [0, 0.05) is 31.8 Å². The average molecular weight is 206 g/mol. The molecule has 0 unspecified atom stereocenters. The number of hydrogen-bond donors (Lipinski definition) is 1. The van der Waals surface area contributed by atoms with Crippen LogP contribution in [0.25, 0.3) is 0 Å². The van der Waals surface area contributed by atoms with Crippen LogP contribution in [0.2, 0.25) is 0 Å². The molecule has 0 radical (unpaired) electrons. The Bertz CT molecular complexity index is 296. The Hall–Kier alpha value is -1.09. The monoisotopic (exact) mass is 206 g/mol. The van der Waals surface area contributed by atoms with Crippen molar-refractivity contribution in [3.63, 3.8) is 0 Å². The van der Waals surface area contributed by atoms with E-state index in [0.29, 0.717) is 12.0 Å². The van der Waals surface area contributed by atoms with Crippen molar-refractivity contribution in [2.75, 3.05) is 19.6 Å². The first kappa shape index (κ1) is 10.4. The first-order valence-electron chi connectivity index (χ1n) is 5.63. The van der Waals surface area contributed by atoms with E-state index >= 15 is 0 Å². The highest BCUT2D eigenvalue weighted by Crippen LogP contribution is 2.27. The standard InChI is InChI=1S/C12H18N2O/c1-2-3-4-5-12(15)14-7-6-10-8-13-9-11(10)14/h2-5,10-11,13H,6-9H2,1H3/b3-2+,5-4+/t10-,11+/m0/s1. The second kappa shape index (κ2) is 4.62. The third-order valence-electron chi connectivity index (χ3n) is 3.27. The summed E-state index contributed by atoms with van der Waals surface area (Å²) in [6.45, 7) is 4.92. The molecule has 2 aliphatic heterocycles. The number of nitrogens with zero attached hydrogens (tertiary/aromatic N) is 1. The van der Waals surface area contributed by atoms with Crippen molar-refractivity contribution in [1.82, 2.24) is 10.2 Å². The number of fused-ring (bicyclic) bond motifs is 1. The fraction of sp³-hybridized carbons (Fsp3) is 0.583. The molecule has 1 amide bonds. The van der Waals surface area contributed by atoms with Crippen molar-refractivity contribution >= 4 is 5.91 Å².